The molecule has 0 amide bonds. The standard InChI is InChI=1S/C27H25ClF4N2O.ClH/c28-26(35)21-13-22(30)25(24(32)23(21)31)34-12-11-27(16-29,18-34)17-33(14-19-7-3-1-4-8-19)15-20-9-5-2-6-10-20;/h1-10,13H,11-12,14-18H2;1H. The molecule has 4 rings (SSSR count). The fourth-order valence-electron chi connectivity index (χ4n) is 4.75. The third-order valence-electron chi connectivity index (χ3n) is 6.44. The van der Waals surface area contributed by atoms with E-state index in [4.69, 9.17) is 11.6 Å². The molecule has 0 spiro atoms. The van der Waals surface area contributed by atoms with Crippen molar-refractivity contribution in [1.29, 1.82) is 0 Å². The van der Waals surface area contributed by atoms with Gasteiger partial charge in [-0.15, -0.1) is 12.4 Å². The van der Waals surface area contributed by atoms with Crippen LogP contribution in [0.2, 0.25) is 0 Å². The second-order valence-corrected chi connectivity index (χ2v) is 9.42. The molecule has 1 saturated heterocycles. The Labute approximate surface area is 219 Å². The fraction of sp³-hybridized carbons (Fsp3) is 0.296. The Kier molecular flexibility index (Phi) is 9.39. The van der Waals surface area contributed by atoms with Crippen molar-refractivity contribution in [2.75, 3.05) is 31.2 Å². The number of hydrogen-bond acceptors (Lipinski definition) is 3. The quantitative estimate of drug-likeness (QED) is 0.170. The minimum Gasteiger partial charge on any atom is -0.366 e. The molecule has 1 fully saturated rings. The molecule has 1 heterocycles. The molecule has 0 bridgehead atoms. The van der Waals surface area contributed by atoms with Gasteiger partial charge in [0.1, 0.15) is 5.69 Å². The Hall–Kier alpha value is -2.61. The molecule has 1 aliphatic rings. The topological polar surface area (TPSA) is 23.6 Å². The highest BCUT2D eigenvalue weighted by molar-refractivity contribution is 6.67. The molecular weight excluding hydrogens is 515 g/mol. The number of carbonyl (C=O) groups is 1. The van der Waals surface area contributed by atoms with Gasteiger partial charge in [-0.25, -0.2) is 13.2 Å². The van der Waals surface area contributed by atoms with Crippen molar-refractivity contribution in [3.05, 3.63) is 101 Å². The van der Waals surface area contributed by atoms with E-state index < -0.39 is 46.0 Å². The molecule has 1 atom stereocenters. The smallest absolute Gasteiger partial charge is 0.255 e. The number of carbonyl (C=O) groups excluding carboxylic acids is 1. The van der Waals surface area contributed by atoms with Crippen molar-refractivity contribution in [3.63, 3.8) is 0 Å². The molecule has 0 aliphatic carbocycles. The maximum atomic E-state index is 14.8. The van der Waals surface area contributed by atoms with Crippen LogP contribution in [-0.2, 0) is 13.1 Å². The summed E-state index contributed by atoms with van der Waals surface area (Å²) in [7, 11) is 0. The van der Waals surface area contributed by atoms with Crippen molar-refractivity contribution in [3.8, 4) is 0 Å². The maximum absolute atomic E-state index is 14.8. The van der Waals surface area contributed by atoms with Crippen LogP contribution in [0.5, 0.6) is 0 Å². The third kappa shape index (κ3) is 6.20. The number of alkyl halides is 1. The highest BCUT2D eigenvalue weighted by Crippen LogP contribution is 2.39. The summed E-state index contributed by atoms with van der Waals surface area (Å²) in [5.41, 5.74) is -0.240. The number of nitrogens with zero attached hydrogens (tertiary/aromatic N) is 2. The lowest BCUT2D eigenvalue weighted by Gasteiger charge is -2.34. The van der Waals surface area contributed by atoms with Gasteiger partial charge in [0.25, 0.3) is 5.24 Å². The summed E-state index contributed by atoms with van der Waals surface area (Å²) in [6.07, 6.45) is 0.334. The molecule has 1 unspecified atom stereocenters. The van der Waals surface area contributed by atoms with Crippen molar-refractivity contribution in [2.24, 2.45) is 5.41 Å². The van der Waals surface area contributed by atoms with E-state index in [1.807, 2.05) is 60.7 Å². The van der Waals surface area contributed by atoms with Crippen molar-refractivity contribution in [1.82, 2.24) is 4.90 Å². The van der Waals surface area contributed by atoms with Gasteiger partial charge in [-0.3, -0.25) is 14.1 Å². The van der Waals surface area contributed by atoms with E-state index in [1.165, 1.54) is 4.90 Å². The van der Waals surface area contributed by atoms with Gasteiger partial charge in [-0.2, -0.15) is 0 Å². The van der Waals surface area contributed by atoms with Crippen molar-refractivity contribution >= 4 is 34.9 Å². The highest BCUT2D eigenvalue weighted by atomic mass is 35.5. The van der Waals surface area contributed by atoms with Gasteiger partial charge < -0.3 is 4.90 Å². The molecule has 9 heteroatoms. The van der Waals surface area contributed by atoms with Gasteiger partial charge in [-0.1, -0.05) is 60.7 Å². The van der Waals surface area contributed by atoms with Crippen LogP contribution in [0.15, 0.2) is 66.7 Å². The normalized spacial score (nSPS) is 17.3. The number of benzene rings is 3. The van der Waals surface area contributed by atoms with E-state index in [2.05, 4.69) is 4.90 Å². The second kappa shape index (κ2) is 12.1. The summed E-state index contributed by atoms with van der Waals surface area (Å²) in [4.78, 5) is 14.7. The lowest BCUT2D eigenvalue weighted by atomic mass is 9.87. The number of hydrogen-bond donors (Lipinski definition) is 0. The van der Waals surface area contributed by atoms with Crippen LogP contribution in [0, 0.1) is 22.9 Å². The minimum atomic E-state index is -1.51. The first-order chi connectivity index (χ1) is 16.8. The Balaban J connectivity index is 0.00000361. The van der Waals surface area contributed by atoms with Crippen LogP contribution in [0.3, 0.4) is 0 Å². The lowest BCUT2D eigenvalue weighted by molar-refractivity contribution is 0.107. The van der Waals surface area contributed by atoms with E-state index in [1.54, 1.807) is 0 Å². The molecule has 3 aromatic rings. The molecule has 0 radical (unpaired) electrons. The fourth-order valence-corrected chi connectivity index (χ4v) is 4.89. The van der Waals surface area contributed by atoms with Crippen LogP contribution >= 0.6 is 24.0 Å². The predicted molar refractivity (Wildman–Crippen MR) is 136 cm³/mol. The van der Waals surface area contributed by atoms with Crippen molar-refractivity contribution < 1.29 is 22.4 Å². The number of rotatable bonds is 9. The molecule has 192 valence electrons. The third-order valence-corrected chi connectivity index (χ3v) is 6.64. The zero-order valence-corrected chi connectivity index (χ0v) is 21.0. The molecule has 3 aromatic carbocycles. The van der Waals surface area contributed by atoms with Gasteiger partial charge in [-0.05, 0) is 35.2 Å². The second-order valence-electron chi connectivity index (χ2n) is 9.08. The lowest BCUT2D eigenvalue weighted by Crippen LogP contribution is -2.41. The predicted octanol–water partition coefficient (Wildman–Crippen LogP) is 6.77. The van der Waals surface area contributed by atoms with Gasteiger partial charge in [0, 0.05) is 38.1 Å². The molecule has 0 aromatic heterocycles. The summed E-state index contributed by atoms with van der Waals surface area (Å²) in [6, 6.07) is 20.2. The van der Waals surface area contributed by atoms with Crippen LogP contribution in [0.1, 0.15) is 27.9 Å². The average molecular weight is 541 g/mol. The monoisotopic (exact) mass is 540 g/mol. The van der Waals surface area contributed by atoms with Crippen LogP contribution < -0.4 is 4.90 Å². The van der Waals surface area contributed by atoms with Gasteiger partial charge in [0.2, 0.25) is 0 Å². The molecule has 0 saturated carbocycles. The van der Waals surface area contributed by atoms with E-state index in [0.717, 1.165) is 11.1 Å². The van der Waals surface area contributed by atoms with Crippen LogP contribution in [0.25, 0.3) is 0 Å². The summed E-state index contributed by atoms with van der Waals surface area (Å²) < 4.78 is 58.4. The molecular formula is C27H26Cl2F4N2O. The summed E-state index contributed by atoms with van der Waals surface area (Å²) >= 11 is 5.24. The van der Waals surface area contributed by atoms with Crippen molar-refractivity contribution in [2.45, 2.75) is 19.5 Å². The van der Waals surface area contributed by atoms with E-state index in [-0.39, 0.29) is 25.5 Å². The van der Waals surface area contributed by atoms with E-state index in [0.29, 0.717) is 32.1 Å². The van der Waals surface area contributed by atoms with Gasteiger partial charge in [0.15, 0.2) is 17.5 Å². The first-order valence-electron chi connectivity index (χ1n) is 11.3. The first-order valence-corrected chi connectivity index (χ1v) is 11.7. The van der Waals surface area contributed by atoms with Gasteiger partial charge in [0.05, 0.1) is 12.2 Å². The average Bonchev–Trinajstić information content (AvgIpc) is 3.26. The Morgan fingerprint density at radius 1 is 0.944 bits per heavy atom. The van der Waals surface area contributed by atoms with E-state index in [9.17, 15) is 22.4 Å². The SMILES string of the molecule is Cl.O=C(Cl)c1cc(F)c(N2CCC(CF)(CN(Cc3ccccc3)Cc3ccccc3)C2)c(F)c1F. The maximum Gasteiger partial charge on any atom is 0.255 e. The Morgan fingerprint density at radius 3 is 2.00 bits per heavy atom. The number of halogens is 6. The number of anilines is 1. The summed E-state index contributed by atoms with van der Waals surface area (Å²) in [6.45, 7) is 0.935. The minimum absolute atomic E-state index is 0. The zero-order valence-electron chi connectivity index (χ0n) is 19.4. The van der Waals surface area contributed by atoms with Gasteiger partial charge >= 0.3 is 0 Å². The Bertz CT molecular complexity index is 1140. The van der Waals surface area contributed by atoms with Crippen LogP contribution in [0.4, 0.5) is 23.2 Å². The molecule has 1 aliphatic heterocycles. The summed E-state index contributed by atoms with van der Waals surface area (Å²) in [5.74, 6) is -4.10. The largest absolute Gasteiger partial charge is 0.366 e. The molecule has 3 nitrogen and oxygen atoms in total. The van der Waals surface area contributed by atoms with Crippen LogP contribution in [-0.4, -0.2) is 36.5 Å². The zero-order chi connectivity index (χ0) is 25.0. The summed E-state index contributed by atoms with van der Waals surface area (Å²) in [5, 5.41) is -1.29. The molecule has 0 N–H and O–H groups in total. The molecule has 36 heavy (non-hydrogen) atoms. The highest BCUT2D eigenvalue weighted by Gasteiger charge is 2.42. The van der Waals surface area contributed by atoms with E-state index >= 15 is 0 Å². The Morgan fingerprint density at radius 2 is 1.50 bits per heavy atom. The first kappa shape index (κ1) is 28.0.